The van der Waals surface area contributed by atoms with E-state index in [0.717, 1.165) is 34.7 Å². The highest BCUT2D eigenvalue weighted by Gasteiger charge is 2.21. The molecule has 0 aliphatic heterocycles. The maximum absolute atomic E-state index is 14.0. The third-order valence-electron chi connectivity index (χ3n) is 4.77. The summed E-state index contributed by atoms with van der Waals surface area (Å²) < 4.78 is 55.5. The van der Waals surface area contributed by atoms with Crippen LogP contribution < -0.4 is 0 Å². The molecule has 30 heavy (non-hydrogen) atoms. The number of rotatable bonds is 0. The second kappa shape index (κ2) is 8.47. The Bertz CT molecular complexity index is 1230. The average molecular weight is 406 g/mol. The molecule has 0 aliphatic rings. The van der Waals surface area contributed by atoms with Crippen molar-refractivity contribution in [3.63, 3.8) is 0 Å². The lowest BCUT2D eigenvalue weighted by molar-refractivity contribution is 0.442. The molecule has 3 rings (SSSR count). The van der Waals surface area contributed by atoms with Crippen LogP contribution in [0.15, 0.2) is 36.4 Å². The van der Waals surface area contributed by atoms with E-state index >= 15 is 0 Å². The third-order valence-corrected chi connectivity index (χ3v) is 4.77. The average Bonchev–Trinajstić information content (AvgIpc) is 2.73. The minimum absolute atomic E-state index is 0.494. The topological polar surface area (TPSA) is 0 Å². The Balaban J connectivity index is 1.98. The molecular formula is C26H18F4. The Kier molecular flexibility index (Phi) is 5.99. The summed E-state index contributed by atoms with van der Waals surface area (Å²) >= 11 is 0. The van der Waals surface area contributed by atoms with Crippen molar-refractivity contribution in [3.8, 4) is 23.7 Å². The number of halogens is 4. The van der Waals surface area contributed by atoms with Crippen LogP contribution in [0.25, 0.3) is 0 Å². The molecule has 4 heteroatoms. The molecule has 0 radical (unpaired) electrons. The molecule has 0 atom stereocenters. The lowest BCUT2D eigenvalue weighted by atomic mass is 9.99. The highest BCUT2D eigenvalue weighted by molar-refractivity contribution is 5.55. The summed E-state index contributed by atoms with van der Waals surface area (Å²) in [7, 11) is 0. The summed E-state index contributed by atoms with van der Waals surface area (Å²) in [6.45, 7) is 6.60. The lowest BCUT2D eigenvalue weighted by Gasteiger charge is -2.06. The summed E-state index contributed by atoms with van der Waals surface area (Å²) in [4.78, 5) is 0. The van der Waals surface area contributed by atoms with Crippen molar-refractivity contribution in [2.45, 2.75) is 27.7 Å². The predicted octanol–water partition coefficient (Wildman–Crippen LogP) is 6.28. The van der Waals surface area contributed by atoms with Crippen molar-refractivity contribution < 1.29 is 17.6 Å². The van der Waals surface area contributed by atoms with Crippen LogP contribution in [-0.2, 0) is 0 Å². The van der Waals surface area contributed by atoms with Gasteiger partial charge < -0.3 is 0 Å². The van der Waals surface area contributed by atoms with Gasteiger partial charge in [0.15, 0.2) is 23.3 Å². The highest BCUT2D eigenvalue weighted by atomic mass is 19.2. The first-order chi connectivity index (χ1) is 14.2. The SMILES string of the molecule is Cc1ccc(C#Cc2cc(C)c(C#Cc3c(F)c(F)c(C)c(F)c3F)cc2C)cc1. The fourth-order valence-corrected chi connectivity index (χ4v) is 2.84. The monoisotopic (exact) mass is 406 g/mol. The van der Waals surface area contributed by atoms with E-state index in [4.69, 9.17) is 0 Å². The van der Waals surface area contributed by atoms with Gasteiger partial charge in [0.05, 0.1) is 0 Å². The van der Waals surface area contributed by atoms with Crippen LogP contribution in [0.2, 0.25) is 0 Å². The largest absolute Gasteiger partial charge is 0.203 e. The Labute approximate surface area is 173 Å². The van der Waals surface area contributed by atoms with Gasteiger partial charge in [-0.25, -0.2) is 17.6 Å². The van der Waals surface area contributed by atoms with Crippen molar-refractivity contribution in [1.29, 1.82) is 0 Å². The molecule has 3 aromatic rings. The van der Waals surface area contributed by atoms with Gasteiger partial charge in [-0.1, -0.05) is 41.4 Å². The van der Waals surface area contributed by atoms with E-state index in [1.165, 1.54) is 0 Å². The number of hydrogen-bond acceptors (Lipinski definition) is 0. The van der Waals surface area contributed by atoms with Crippen molar-refractivity contribution in [2.75, 3.05) is 0 Å². The van der Waals surface area contributed by atoms with E-state index in [2.05, 4.69) is 23.7 Å². The van der Waals surface area contributed by atoms with E-state index in [1.807, 2.05) is 44.2 Å². The molecule has 0 saturated carbocycles. The van der Waals surface area contributed by atoms with E-state index in [0.29, 0.717) is 5.56 Å². The van der Waals surface area contributed by atoms with Gasteiger partial charge in [0.25, 0.3) is 0 Å². The Hall–Kier alpha value is -3.50. The number of hydrogen-bond donors (Lipinski definition) is 0. The Morgan fingerprint density at radius 3 is 1.53 bits per heavy atom. The molecule has 0 bridgehead atoms. The van der Waals surface area contributed by atoms with Crippen molar-refractivity contribution >= 4 is 0 Å². The standard InChI is InChI=1S/C26H18F4/c1-15-5-7-19(8-6-15)9-10-20-13-17(3)21(14-16(20)2)11-12-22-25(29)23(27)18(4)24(28)26(22)30/h5-8,13-14H,1-4H3. The molecule has 150 valence electrons. The summed E-state index contributed by atoms with van der Waals surface area (Å²) in [5.41, 5.74) is 3.25. The molecule has 0 N–H and O–H groups in total. The van der Waals surface area contributed by atoms with Gasteiger partial charge in [-0.2, -0.15) is 0 Å². The van der Waals surface area contributed by atoms with E-state index in [1.54, 1.807) is 13.0 Å². The second-order valence-corrected chi connectivity index (χ2v) is 7.10. The molecule has 0 amide bonds. The fourth-order valence-electron chi connectivity index (χ4n) is 2.84. The van der Waals surface area contributed by atoms with Crippen LogP contribution in [-0.4, -0.2) is 0 Å². The van der Waals surface area contributed by atoms with Gasteiger partial charge in [0.1, 0.15) is 5.56 Å². The van der Waals surface area contributed by atoms with Crippen LogP contribution in [0, 0.1) is 74.6 Å². The summed E-state index contributed by atoms with van der Waals surface area (Å²) in [5.74, 6) is 5.21. The number of aryl methyl sites for hydroxylation is 3. The molecule has 0 spiro atoms. The van der Waals surface area contributed by atoms with Gasteiger partial charge in [-0.3, -0.25) is 0 Å². The quantitative estimate of drug-likeness (QED) is 0.234. The zero-order valence-corrected chi connectivity index (χ0v) is 17.0. The van der Waals surface area contributed by atoms with Gasteiger partial charge in [-0.15, -0.1) is 0 Å². The number of benzene rings is 3. The summed E-state index contributed by atoms with van der Waals surface area (Å²) in [6, 6.07) is 11.4. The van der Waals surface area contributed by atoms with Crippen molar-refractivity contribution in [1.82, 2.24) is 0 Å². The molecule has 0 unspecified atom stereocenters. The first kappa shape index (κ1) is 21.2. The molecule has 0 nitrogen and oxygen atoms in total. The maximum atomic E-state index is 14.0. The first-order valence-corrected chi connectivity index (χ1v) is 9.23. The van der Waals surface area contributed by atoms with E-state index in [-0.39, 0.29) is 0 Å². The van der Waals surface area contributed by atoms with E-state index in [9.17, 15) is 17.6 Å². The zero-order chi connectivity index (χ0) is 22.0. The summed E-state index contributed by atoms with van der Waals surface area (Å²) in [6.07, 6.45) is 0. The van der Waals surface area contributed by atoms with Gasteiger partial charge in [0.2, 0.25) is 0 Å². The van der Waals surface area contributed by atoms with Crippen LogP contribution in [0.3, 0.4) is 0 Å². The second-order valence-electron chi connectivity index (χ2n) is 7.10. The third kappa shape index (κ3) is 4.24. The van der Waals surface area contributed by atoms with Gasteiger partial charge in [0, 0.05) is 22.3 Å². The van der Waals surface area contributed by atoms with Crippen LogP contribution in [0.1, 0.15) is 44.5 Å². The minimum Gasteiger partial charge on any atom is -0.203 e. The van der Waals surface area contributed by atoms with Crippen molar-refractivity contribution in [2.24, 2.45) is 0 Å². The predicted molar refractivity (Wildman–Crippen MR) is 110 cm³/mol. The molecule has 0 heterocycles. The highest BCUT2D eigenvalue weighted by Crippen LogP contribution is 2.23. The fraction of sp³-hybridized carbons (Fsp3) is 0.154. The van der Waals surface area contributed by atoms with Gasteiger partial charge in [-0.05, 0) is 63.1 Å². The smallest absolute Gasteiger partial charge is 0.177 e. The van der Waals surface area contributed by atoms with Crippen LogP contribution in [0.4, 0.5) is 17.6 Å². The molecular weight excluding hydrogens is 388 g/mol. The lowest BCUT2D eigenvalue weighted by Crippen LogP contribution is -2.03. The summed E-state index contributed by atoms with van der Waals surface area (Å²) in [5, 5.41) is 0. The minimum atomic E-state index is -1.49. The Morgan fingerprint density at radius 2 is 1.03 bits per heavy atom. The normalized spacial score (nSPS) is 10.1. The molecule has 3 aromatic carbocycles. The van der Waals surface area contributed by atoms with Gasteiger partial charge >= 0.3 is 0 Å². The molecule has 0 saturated heterocycles. The molecule has 0 fully saturated rings. The van der Waals surface area contributed by atoms with E-state index < -0.39 is 34.4 Å². The van der Waals surface area contributed by atoms with Crippen LogP contribution >= 0.6 is 0 Å². The zero-order valence-electron chi connectivity index (χ0n) is 17.0. The van der Waals surface area contributed by atoms with Crippen molar-refractivity contribution in [3.05, 3.63) is 104 Å². The van der Waals surface area contributed by atoms with Crippen LogP contribution in [0.5, 0.6) is 0 Å². The Morgan fingerprint density at radius 1 is 0.567 bits per heavy atom. The molecule has 0 aliphatic carbocycles. The first-order valence-electron chi connectivity index (χ1n) is 9.23. The molecule has 0 aromatic heterocycles. The maximum Gasteiger partial charge on any atom is 0.177 e.